The molecule has 0 spiro atoms. The van der Waals surface area contributed by atoms with Crippen molar-refractivity contribution in [3.05, 3.63) is 46.7 Å². The largest absolute Gasteiger partial charge is 0.398 e. The predicted molar refractivity (Wildman–Crippen MR) is 73.5 cm³/mol. The Balaban J connectivity index is 2.47. The number of sulfonamides is 1. The normalized spacial score (nSPS) is 11.3. The molecule has 0 unspecified atom stereocenters. The summed E-state index contributed by atoms with van der Waals surface area (Å²) in [5.41, 5.74) is 4.92. The number of anilines is 2. The molecule has 2 aromatic rings. The van der Waals surface area contributed by atoms with E-state index in [1.807, 2.05) is 4.72 Å². The molecule has 5 nitrogen and oxygen atoms in total. The Kier molecular flexibility index (Phi) is 3.91. The fraction of sp³-hybridized carbons (Fsp3) is 0. The van der Waals surface area contributed by atoms with Crippen molar-refractivity contribution >= 4 is 37.3 Å². The van der Waals surface area contributed by atoms with Crippen LogP contribution in [-0.4, -0.2) is 13.4 Å². The molecule has 0 atom stereocenters. The van der Waals surface area contributed by atoms with Gasteiger partial charge in [-0.15, -0.1) is 0 Å². The lowest BCUT2D eigenvalue weighted by Gasteiger charge is -2.11. The fourth-order valence-electron chi connectivity index (χ4n) is 1.43. The van der Waals surface area contributed by atoms with Gasteiger partial charge in [-0.2, -0.15) is 0 Å². The highest BCUT2D eigenvalue weighted by Gasteiger charge is 2.21. The van der Waals surface area contributed by atoms with Crippen molar-refractivity contribution in [1.29, 1.82) is 0 Å². The number of halogens is 3. The van der Waals surface area contributed by atoms with Gasteiger partial charge in [-0.1, -0.05) is 0 Å². The molecule has 2 rings (SSSR count). The summed E-state index contributed by atoms with van der Waals surface area (Å²) in [6, 6.07) is 3.02. The van der Waals surface area contributed by atoms with Gasteiger partial charge in [0.1, 0.15) is 10.7 Å². The molecule has 1 heterocycles. The average Bonchev–Trinajstić information content (AvgIpc) is 2.36. The van der Waals surface area contributed by atoms with Gasteiger partial charge < -0.3 is 5.73 Å². The van der Waals surface area contributed by atoms with E-state index in [-0.39, 0.29) is 20.7 Å². The third-order valence-corrected chi connectivity index (χ3v) is 4.39. The highest BCUT2D eigenvalue weighted by atomic mass is 79.9. The number of benzene rings is 1. The van der Waals surface area contributed by atoms with Crippen molar-refractivity contribution in [2.75, 3.05) is 10.5 Å². The second-order valence-corrected chi connectivity index (χ2v) is 6.27. The smallest absolute Gasteiger partial charge is 0.264 e. The molecule has 9 heteroatoms. The van der Waals surface area contributed by atoms with Crippen LogP contribution in [0.3, 0.4) is 0 Å². The maximum atomic E-state index is 13.4. The summed E-state index contributed by atoms with van der Waals surface area (Å²) in [6.45, 7) is 0. The van der Waals surface area contributed by atoms with Gasteiger partial charge >= 0.3 is 0 Å². The Morgan fingerprint density at radius 1 is 1.25 bits per heavy atom. The molecule has 0 radical (unpaired) electrons. The summed E-state index contributed by atoms with van der Waals surface area (Å²) >= 11 is 2.87. The molecule has 0 fully saturated rings. The molecule has 0 saturated heterocycles. The molecule has 0 aliphatic rings. The molecule has 20 heavy (non-hydrogen) atoms. The molecule has 0 amide bonds. The number of nitrogen functional groups attached to an aromatic ring is 1. The molecule has 0 aliphatic carbocycles. The first-order valence-corrected chi connectivity index (χ1v) is 7.46. The minimum absolute atomic E-state index is 0.0673. The van der Waals surface area contributed by atoms with Crippen molar-refractivity contribution in [2.24, 2.45) is 0 Å². The van der Waals surface area contributed by atoms with E-state index in [1.54, 1.807) is 0 Å². The Morgan fingerprint density at radius 3 is 2.60 bits per heavy atom. The fourth-order valence-corrected chi connectivity index (χ4v) is 3.14. The summed E-state index contributed by atoms with van der Waals surface area (Å²) < 4.78 is 52.8. The number of pyridine rings is 1. The number of rotatable bonds is 3. The summed E-state index contributed by atoms with van der Waals surface area (Å²) in [7, 11) is -4.15. The third-order valence-electron chi connectivity index (χ3n) is 2.36. The van der Waals surface area contributed by atoms with Crippen molar-refractivity contribution in [2.45, 2.75) is 4.90 Å². The zero-order valence-corrected chi connectivity index (χ0v) is 12.2. The second-order valence-electron chi connectivity index (χ2n) is 3.77. The number of nitrogens with one attached hydrogen (secondary N) is 1. The van der Waals surface area contributed by atoms with E-state index in [9.17, 15) is 17.2 Å². The molecule has 1 aromatic carbocycles. The molecule has 0 bridgehead atoms. The van der Waals surface area contributed by atoms with Gasteiger partial charge in [0.25, 0.3) is 10.0 Å². The van der Waals surface area contributed by atoms with E-state index in [0.29, 0.717) is 0 Å². The maximum absolute atomic E-state index is 13.4. The minimum Gasteiger partial charge on any atom is -0.398 e. The van der Waals surface area contributed by atoms with Crippen LogP contribution in [0.15, 0.2) is 40.0 Å². The zero-order chi connectivity index (χ0) is 14.9. The lowest BCUT2D eigenvalue weighted by Crippen LogP contribution is -2.16. The van der Waals surface area contributed by atoms with Crippen molar-refractivity contribution in [1.82, 2.24) is 4.98 Å². The van der Waals surface area contributed by atoms with Crippen molar-refractivity contribution < 1.29 is 17.2 Å². The highest BCUT2D eigenvalue weighted by molar-refractivity contribution is 9.10. The van der Waals surface area contributed by atoms with Gasteiger partial charge in [-0.05, 0) is 34.1 Å². The predicted octanol–water partition coefficient (Wildman–Crippen LogP) is 2.51. The molecule has 0 aliphatic heterocycles. The van der Waals surface area contributed by atoms with Gasteiger partial charge in [0, 0.05) is 6.20 Å². The van der Waals surface area contributed by atoms with Crippen LogP contribution in [0.4, 0.5) is 20.2 Å². The number of nitrogens with zero attached hydrogens (tertiary/aromatic N) is 1. The molecule has 0 saturated carbocycles. The number of nitrogens with two attached hydrogens (primary N) is 1. The van der Waals surface area contributed by atoms with E-state index in [2.05, 4.69) is 20.9 Å². The molecular formula is C11H8BrF2N3O2S. The quantitative estimate of drug-likeness (QED) is 0.820. The second kappa shape index (κ2) is 5.33. The minimum atomic E-state index is -4.15. The molecular weight excluding hydrogens is 356 g/mol. The molecule has 1 aromatic heterocycles. The van der Waals surface area contributed by atoms with Crippen LogP contribution in [-0.2, 0) is 10.0 Å². The standard InChI is InChI=1S/C11H8BrF2N3O2S/c12-6-3-11(9(15)4-7(6)13)20(18,19)17-10-1-2-16-5-8(10)14/h1-5H,15H2,(H,16,17). The van der Waals surface area contributed by atoms with Gasteiger partial charge in [0.2, 0.25) is 0 Å². The Labute approximate surface area is 122 Å². The van der Waals surface area contributed by atoms with Crippen LogP contribution in [0.25, 0.3) is 0 Å². The average molecular weight is 364 g/mol. The summed E-state index contributed by atoms with van der Waals surface area (Å²) in [4.78, 5) is 3.14. The van der Waals surface area contributed by atoms with Crippen LogP contribution in [0.1, 0.15) is 0 Å². The van der Waals surface area contributed by atoms with Crippen LogP contribution in [0.5, 0.6) is 0 Å². The zero-order valence-electron chi connectivity index (χ0n) is 9.77. The topological polar surface area (TPSA) is 85.1 Å². The van der Waals surface area contributed by atoms with E-state index in [0.717, 1.165) is 24.4 Å². The van der Waals surface area contributed by atoms with Crippen LogP contribution >= 0.6 is 15.9 Å². The SMILES string of the molecule is Nc1cc(F)c(Br)cc1S(=O)(=O)Nc1ccncc1F. The van der Waals surface area contributed by atoms with Crippen molar-refractivity contribution in [3.8, 4) is 0 Å². The number of hydrogen-bond acceptors (Lipinski definition) is 4. The van der Waals surface area contributed by atoms with Gasteiger partial charge in [0.05, 0.1) is 22.0 Å². The first-order chi connectivity index (χ1) is 9.31. The third kappa shape index (κ3) is 2.88. The highest BCUT2D eigenvalue weighted by Crippen LogP contribution is 2.28. The number of hydrogen-bond donors (Lipinski definition) is 2. The number of aromatic nitrogens is 1. The lowest BCUT2D eigenvalue weighted by atomic mass is 10.3. The summed E-state index contributed by atoms with van der Waals surface area (Å²) in [5, 5.41) is 0. The van der Waals surface area contributed by atoms with Gasteiger partial charge in [-0.25, -0.2) is 17.2 Å². The first-order valence-electron chi connectivity index (χ1n) is 5.18. The molecule has 106 valence electrons. The Morgan fingerprint density at radius 2 is 1.95 bits per heavy atom. The monoisotopic (exact) mass is 363 g/mol. The van der Waals surface area contributed by atoms with Crippen LogP contribution in [0, 0.1) is 11.6 Å². The van der Waals surface area contributed by atoms with Crippen LogP contribution < -0.4 is 10.5 Å². The first kappa shape index (κ1) is 14.7. The van der Waals surface area contributed by atoms with E-state index >= 15 is 0 Å². The van der Waals surface area contributed by atoms with Gasteiger partial charge in [-0.3, -0.25) is 9.71 Å². The van der Waals surface area contributed by atoms with E-state index in [1.165, 1.54) is 6.20 Å². The van der Waals surface area contributed by atoms with Crippen molar-refractivity contribution in [3.63, 3.8) is 0 Å². The molecule has 3 N–H and O–H groups in total. The maximum Gasteiger partial charge on any atom is 0.264 e. The summed E-state index contributed by atoms with van der Waals surface area (Å²) in [6.07, 6.45) is 2.09. The Bertz CT molecular complexity index is 768. The van der Waals surface area contributed by atoms with E-state index < -0.39 is 21.7 Å². The van der Waals surface area contributed by atoms with Gasteiger partial charge in [0.15, 0.2) is 5.82 Å². The van der Waals surface area contributed by atoms with E-state index in [4.69, 9.17) is 5.73 Å². The Hall–Kier alpha value is -1.74. The lowest BCUT2D eigenvalue weighted by molar-refractivity contribution is 0.596. The van der Waals surface area contributed by atoms with Crippen LogP contribution in [0.2, 0.25) is 0 Å². The summed E-state index contributed by atoms with van der Waals surface area (Å²) in [5.74, 6) is -1.53.